The van der Waals surface area contributed by atoms with Crippen LogP contribution in [0.3, 0.4) is 0 Å². The molecule has 0 saturated carbocycles. The minimum absolute atomic E-state index is 0.239. The van der Waals surface area contributed by atoms with Crippen LogP contribution in [-0.2, 0) is 0 Å². The number of likely N-dealkylation sites (tertiary alicyclic amines) is 2. The number of amides is 1. The Kier molecular flexibility index (Phi) is 6.64. The highest BCUT2D eigenvalue weighted by molar-refractivity contribution is 5.82. The fourth-order valence-corrected chi connectivity index (χ4v) is 4.67. The van der Waals surface area contributed by atoms with Gasteiger partial charge in [0.1, 0.15) is 12.1 Å². The number of benzene rings is 1. The van der Waals surface area contributed by atoms with Crippen molar-refractivity contribution in [2.24, 2.45) is 0 Å². The van der Waals surface area contributed by atoms with Crippen molar-refractivity contribution in [3.63, 3.8) is 0 Å². The molecule has 2 saturated heterocycles. The molecule has 1 aromatic carbocycles. The van der Waals surface area contributed by atoms with E-state index in [0.29, 0.717) is 25.7 Å². The second kappa shape index (κ2) is 9.57. The number of carbonyl (C=O) groups is 1. The maximum absolute atomic E-state index is 11.1. The van der Waals surface area contributed by atoms with Crippen LogP contribution in [0.2, 0.25) is 0 Å². The molecule has 1 unspecified atom stereocenters. The van der Waals surface area contributed by atoms with Crippen LogP contribution in [0.4, 0.5) is 4.79 Å². The molecule has 0 spiro atoms. The van der Waals surface area contributed by atoms with Gasteiger partial charge in [-0.15, -0.1) is 0 Å². The fraction of sp³-hybridized carbons (Fsp3) is 0.591. The third-order valence-electron chi connectivity index (χ3n) is 6.36. The zero-order chi connectivity index (χ0) is 20.9. The van der Waals surface area contributed by atoms with Crippen LogP contribution in [-0.4, -0.2) is 81.5 Å². The molecule has 2 aliphatic rings. The molecule has 4 rings (SSSR count). The molecular formula is C22H30N4O4. The van der Waals surface area contributed by atoms with E-state index in [-0.39, 0.29) is 12.5 Å². The van der Waals surface area contributed by atoms with Crippen molar-refractivity contribution in [1.82, 2.24) is 19.8 Å². The summed E-state index contributed by atoms with van der Waals surface area (Å²) < 4.78 is 5.95. The predicted molar refractivity (Wildman–Crippen MR) is 113 cm³/mol. The van der Waals surface area contributed by atoms with Crippen molar-refractivity contribution in [2.45, 2.75) is 44.1 Å². The summed E-state index contributed by atoms with van der Waals surface area (Å²) in [5, 5.41) is 19.6. The largest absolute Gasteiger partial charge is 0.493 e. The van der Waals surface area contributed by atoms with E-state index in [1.807, 2.05) is 18.2 Å². The van der Waals surface area contributed by atoms with Gasteiger partial charge in [-0.2, -0.15) is 0 Å². The first-order valence-electron chi connectivity index (χ1n) is 10.9. The van der Waals surface area contributed by atoms with E-state index in [2.05, 4.69) is 14.9 Å². The Labute approximate surface area is 176 Å². The van der Waals surface area contributed by atoms with Gasteiger partial charge in [-0.3, -0.25) is 4.90 Å². The van der Waals surface area contributed by atoms with Gasteiger partial charge in [0.25, 0.3) is 0 Å². The molecule has 162 valence electrons. The molecule has 8 nitrogen and oxygen atoms in total. The summed E-state index contributed by atoms with van der Waals surface area (Å²) in [6.07, 6.45) is 5.47. The molecule has 0 radical (unpaired) electrons. The van der Waals surface area contributed by atoms with E-state index in [1.54, 1.807) is 6.33 Å². The van der Waals surface area contributed by atoms with Gasteiger partial charge in [-0.1, -0.05) is 0 Å². The lowest BCUT2D eigenvalue weighted by atomic mass is 9.91. The molecule has 2 aromatic rings. The molecular weight excluding hydrogens is 384 g/mol. The zero-order valence-corrected chi connectivity index (χ0v) is 17.2. The van der Waals surface area contributed by atoms with Crippen LogP contribution < -0.4 is 4.74 Å². The summed E-state index contributed by atoms with van der Waals surface area (Å²) in [5.41, 5.74) is 1.86. The van der Waals surface area contributed by atoms with Crippen molar-refractivity contribution in [2.75, 3.05) is 39.4 Å². The van der Waals surface area contributed by atoms with E-state index in [4.69, 9.17) is 9.84 Å². The number of fused-ring (bicyclic) bond motifs is 1. The van der Waals surface area contributed by atoms with Crippen molar-refractivity contribution in [3.05, 3.63) is 30.2 Å². The van der Waals surface area contributed by atoms with Gasteiger partial charge in [-0.05, 0) is 50.8 Å². The number of piperidine rings is 1. The van der Waals surface area contributed by atoms with Crippen LogP contribution in [0, 0.1) is 0 Å². The molecule has 30 heavy (non-hydrogen) atoms. The second-order valence-electron chi connectivity index (χ2n) is 8.20. The van der Waals surface area contributed by atoms with Gasteiger partial charge >= 0.3 is 6.09 Å². The topological polar surface area (TPSA) is 99.0 Å². The molecule has 8 heteroatoms. The predicted octanol–water partition coefficient (Wildman–Crippen LogP) is 2.71. The Morgan fingerprint density at radius 3 is 2.77 bits per heavy atom. The number of aliphatic hydroxyl groups excluding tert-OH is 1. The normalized spacial score (nSPS) is 20.7. The summed E-state index contributed by atoms with van der Waals surface area (Å²) in [4.78, 5) is 23.9. The van der Waals surface area contributed by atoms with Gasteiger partial charge in [0.15, 0.2) is 0 Å². The minimum Gasteiger partial charge on any atom is -0.493 e. The Morgan fingerprint density at radius 2 is 2.00 bits per heavy atom. The van der Waals surface area contributed by atoms with E-state index in [9.17, 15) is 9.90 Å². The standard InChI is InChI=1S/C22H30N4O4/c27-14-17-3-1-8-25(17)9-2-12-30-18-4-5-19-20(13-18)23-15-24-21(19)16-6-10-26(11-7-16)22(28)29/h4-5,13,15-17,27H,1-3,6-12,14H2,(H,28,29). The summed E-state index contributed by atoms with van der Waals surface area (Å²) in [6.45, 7) is 3.96. The highest BCUT2D eigenvalue weighted by Gasteiger charge is 2.26. The van der Waals surface area contributed by atoms with Crippen molar-refractivity contribution >= 4 is 17.0 Å². The molecule has 1 amide bonds. The number of aromatic nitrogens is 2. The molecule has 1 aromatic heterocycles. The van der Waals surface area contributed by atoms with Gasteiger partial charge in [0.05, 0.1) is 24.4 Å². The molecule has 0 bridgehead atoms. The SMILES string of the molecule is O=C(O)N1CCC(c2ncnc3cc(OCCCN4CCCC4CO)ccc23)CC1. The molecule has 2 N–H and O–H groups in total. The van der Waals surface area contributed by atoms with E-state index in [0.717, 1.165) is 67.5 Å². The third-order valence-corrected chi connectivity index (χ3v) is 6.36. The van der Waals surface area contributed by atoms with Gasteiger partial charge in [0, 0.05) is 43.0 Å². The van der Waals surface area contributed by atoms with Crippen molar-refractivity contribution in [3.8, 4) is 5.75 Å². The van der Waals surface area contributed by atoms with Crippen LogP contribution in [0.5, 0.6) is 5.75 Å². The number of carboxylic acid groups (broad SMARTS) is 1. The molecule has 2 aliphatic heterocycles. The van der Waals surface area contributed by atoms with Crippen LogP contribution >= 0.6 is 0 Å². The third kappa shape index (κ3) is 4.65. The number of hydrogen-bond donors (Lipinski definition) is 2. The smallest absolute Gasteiger partial charge is 0.407 e. The monoisotopic (exact) mass is 414 g/mol. The van der Waals surface area contributed by atoms with E-state index in [1.165, 1.54) is 4.90 Å². The summed E-state index contributed by atoms with van der Waals surface area (Å²) in [6, 6.07) is 6.25. The average molecular weight is 415 g/mol. The maximum Gasteiger partial charge on any atom is 0.407 e. The molecule has 2 fully saturated rings. The number of rotatable bonds is 7. The molecule has 1 atom stereocenters. The lowest BCUT2D eigenvalue weighted by molar-refractivity contribution is 0.132. The van der Waals surface area contributed by atoms with Gasteiger partial charge in [0.2, 0.25) is 0 Å². The number of nitrogens with zero attached hydrogens (tertiary/aromatic N) is 4. The Bertz CT molecular complexity index is 869. The first-order chi connectivity index (χ1) is 14.7. The second-order valence-corrected chi connectivity index (χ2v) is 8.20. The van der Waals surface area contributed by atoms with Gasteiger partial charge < -0.3 is 19.8 Å². The van der Waals surface area contributed by atoms with Crippen molar-refractivity contribution < 1.29 is 19.7 Å². The van der Waals surface area contributed by atoms with Crippen LogP contribution in [0.25, 0.3) is 10.9 Å². The number of hydrogen-bond acceptors (Lipinski definition) is 6. The Hall–Kier alpha value is -2.45. The maximum atomic E-state index is 11.1. The summed E-state index contributed by atoms with van der Waals surface area (Å²) in [7, 11) is 0. The highest BCUT2D eigenvalue weighted by atomic mass is 16.5. The first-order valence-corrected chi connectivity index (χ1v) is 10.9. The molecule has 3 heterocycles. The average Bonchev–Trinajstić information content (AvgIpc) is 3.24. The van der Waals surface area contributed by atoms with E-state index < -0.39 is 6.09 Å². The Balaban J connectivity index is 1.35. The summed E-state index contributed by atoms with van der Waals surface area (Å²) >= 11 is 0. The minimum atomic E-state index is -0.848. The number of aliphatic hydroxyl groups is 1. The lowest BCUT2D eigenvalue weighted by Gasteiger charge is -2.30. The highest BCUT2D eigenvalue weighted by Crippen LogP contribution is 2.32. The number of ether oxygens (including phenoxy) is 1. The zero-order valence-electron chi connectivity index (χ0n) is 17.2. The first kappa shape index (κ1) is 20.8. The van der Waals surface area contributed by atoms with Gasteiger partial charge in [-0.25, -0.2) is 14.8 Å². The van der Waals surface area contributed by atoms with Crippen molar-refractivity contribution in [1.29, 1.82) is 0 Å². The fourth-order valence-electron chi connectivity index (χ4n) is 4.67. The van der Waals surface area contributed by atoms with E-state index >= 15 is 0 Å². The van der Waals surface area contributed by atoms with Crippen LogP contribution in [0.15, 0.2) is 24.5 Å². The Morgan fingerprint density at radius 1 is 1.17 bits per heavy atom. The quantitative estimate of drug-likeness (QED) is 0.672. The lowest BCUT2D eigenvalue weighted by Crippen LogP contribution is -2.37. The molecule has 0 aliphatic carbocycles. The van der Waals surface area contributed by atoms with Crippen LogP contribution in [0.1, 0.15) is 43.7 Å². The summed E-state index contributed by atoms with van der Waals surface area (Å²) in [5.74, 6) is 1.05.